The predicted molar refractivity (Wildman–Crippen MR) is 56.5 cm³/mol. The van der Waals surface area contributed by atoms with Crippen molar-refractivity contribution in [3.05, 3.63) is 24.4 Å². The fraction of sp³-hybridized carbons (Fsp3) is 0.545. The Balaban J connectivity index is 4.57. The zero-order valence-corrected chi connectivity index (χ0v) is 8.81. The highest BCUT2D eigenvalue weighted by atomic mass is 14.8. The summed E-state index contributed by atoms with van der Waals surface area (Å²) in [6.45, 7) is 14.1. The van der Waals surface area contributed by atoms with Crippen molar-refractivity contribution in [1.82, 2.24) is 0 Å². The largest absolute Gasteiger partial charge is 0.262 e. The molecule has 0 saturated carbocycles. The minimum atomic E-state index is 0.163. The van der Waals surface area contributed by atoms with E-state index in [2.05, 4.69) is 39.3 Å². The van der Waals surface area contributed by atoms with Gasteiger partial charge < -0.3 is 0 Å². The van der Waals surface area contributed by atoms with Gasteiger partial charge in [0, 0.05) is 11.4 Å². The highest BCUT2D eigenvalue weighted by Crippen LogP contribution is 2.16. The van der Waals surface area contributed by atoms with E-state index in [9.17, 15) is 0 Å². The molecular weight excluding hydrogens is 146 g/mol. The molecule has 0 N–H and O–H groups in total. The van der Waals surface area contributed by atoms with E-state index in [0.29, 0.717) is 0 Å². The van der Waals surface area contributed by atoms with Gasteiger partial charge in [-0.3, -0.25) is 4.99 Å². The summed E-state index contributed by atoms with van der Waals surface area (Å²) in [6, 6.07) is 0. The van der Waals surface area contributed by atoms with E-state index < -0.39 is 0 Å². The Morgan fingerprint density at radius 2 is 1.75 bits per heavy atom. The maximum atomic E-state index is 4.44. The van der Waals surface area contributed by atoms with E-state index in [0.717, 1.165) is 11.4 Å². The van der Waals surface area contributed by atoms with Crippen LogP contribution in [0.4, 0.5) is 0 Å². The van der Waals surface area contributed by atoms with Crippen LogP contribution < -0.4 is 0 Å². The fourth-order valence-corrected chi connectivity index (χ4v) is 0.640. The Hall–Kier alpha value is -0.850. The lowest BCUT2D eigenvalue weighted by molar-refractivity contribution is 0.587. The molecule has 0 radical (unpaired) electrons. The second-order valence-electron chi connectivity index (χ2n) is 3.99. The van der Waals surface area contributed by atoms with Crippen molar-refractivity contribution in [2.24, 2.45) is 10.4 Å². The lowest BCUT2D eigenvalue weighted by Gasteiger charge is -2.17. The van der Waals surface area contributed by atoms with Crippen LogP contribution in [-0.2, 0) is 0 Å². The van der Waals surface area contributed by atoms with Gasteiger partial charge in [-0.05, 0) is 25.3 Å². The highest BCUT2D eigenvalue weighted by Gasteiger charge is 2.13. The van der Waals surface area contributed by atoms with Crippen molar-refractivity contribution >= 4 is 5.71 Å². The second-order valence-corrected chi connectivity index (χ2v) is 3.99. The van der Waals surface area contributed by atoms with Gasteiger partial charge in [0.25, 0.3) is 0 Å². The molecule has 12 heavy (non-hydrogen) atoms. The maximum absolute atomic E-state index is 4.44. The molecule has 0 aliphatic rings. The van der Waals surface area contributed by atoms with Gasteiger partial charge in [-0.1, -0.05) is 33.4 Å². The zero-order chi connectivity index (χ0) is 9.78. The fourth-order valence-electron chi connectivity index (χ4n) is 0.640. The molecule has 0 atom stereocenters. The average Bonchev–Trinajstić information content (AvgIpc) is 1.85. The molecule has 1 nitrogen and oxygen atoms in total. The summed E-state index contributed by atoms with van der Waals surface area (Å²) >= 11 is 0. The van der Waals surface area contributed by atoms with Crippen LogP contribution in [0, 0.1) is 5.41 Å². The van der Waals surface area contributed by atoms with E-state index >= 15 is 0 Å². The lowest BCUT2D eigenvalue weighted by Crippen LogP contribution is -2.16. The molecule has 0 fully saturated rings. The second kappa shape index (κ2) is 4.24. The van der Waals surface area contributed by atoms with Crippen LogP contribution in [0.2, 0.25) is 0 Å². The Labute approximate surface area is 75.9 Å². The summed E-state index contributed by atoms with van der Waals surface area (Å²) in [5.41, 5.74) is 2.33. The standard InChI is InChI=1S/C11H19N/c1-7-8-9(2)12-10(3)11(4,5)6/h7-8H,1H2,2-6H3/b9-8+,12-10?. The van der Waals surface area contributed by atoms with Crippen molar-refractivity contribution in [3.8, 4) is 0 Å². The van der Waals surface area contributed by atoms with Gasteiger partial charge in [-0.15, -0.1) is 0 Å². The van der Waals surface area contributed by atoms with Gasteiger partial charge in [0.05, 0.1) is 0 Å². The molecule has 0 heterocycles. The number of allylic oxidation sites excluding steroid dienone is 3. The minimum Gasteiger partial charge on any atom is -0.262 e. The molecule has 0 spiro atoms. The molecule has 0 aliphatic carbocycles. The third-order valence-corrected chi connectivity index (χ3v) is 1.79. The maximum Gasteiger partial charge on any atom is 0.0371 e. The highest BCUT2D eigenvalue weighted by molar-refractivity contribution is 5.87. The molecule has 0 aromatic rings. The Kier molecular flexibility index (Phi) is 3.94. The average molecular weight is 165 g/mol. The number of hydrogen-bond acceptors (Lipinski definition) is 1. The first-order valence-electron chi connectivity index (χ1n) is 4.23. The number of aliphatic imine (C=N–C) groups is 1. The summed E-state index contributed by atoms with van der Waals surface area (Å²) in [7, 11) is 0. The van der Waals surface area contributed by atoms with Crippen LogP contribution in [0.25, 0.3) is 0 Å². The van der Waals surface area contributed by atoms with Gasteiger partial charge in [-0.25, -0.2) is 0 Å². The third-order valence-electron chi connectivity index (χ3n) is 1.79. The molecular formula is C11H19N. The van der Waals surface area contributed by atoms with Gasteiger partial charge in [0.15, 0.2) is 0 Å². The van der Waals surface area contributed by atoms with Gasteiger partial charge in [0.2, 0.25) is 0 Å². The Morgan fingerprint density at radius 1 is 1.25 bits per heavy atom. The Bertz CT molecular complexity index is 214. The molecule has 0 aromatic heterocycles. The molecule has 0 saturated heterocycles. The summed E-state index contributed by atoms with van der Waals surface area (Å²) in [4.78, 5) is 4.44. The van der Waals surface area contributed by atoms with Crippen LogP contribution in [-0.4, -0.2) is 5.71 Å². The minimum absolute atomic E-state index is 0.163. The summed E-state index contributed by atoms with van der Waals surface area (Å²) in [6.07, 6.45) is 3.67. The molecule has 68 valence electrons. The first-order chi connectivity index (χ1) is 5.38. The first-order valence-corrected chi connectivity index (χ1v) is 4.23. The van der Waals surface area contributed by atoms with E-state index in [1.54, 1.807) is 6.08 Å². The molecule has 0 aromatic carbocycles. The summed E-state index contributed by atoms with van der Waals surface area (Å²) in [5.74, 6) is 0. The number of hydrogen-bond donors (Lipinski definition) is 0. The van der Waals surface area contributed by atoms with Crippen LogP contribution >= 0.6 is 0 Å². The smallest absolute Gasteiger partial charge is 0.0371 e. The lowest BCUT2D eigenvalue weighted by atomic mass is 9.91. The Morgan fingerprint density at radius 3 is 2.08 bits per heavy atom. The predicted octanol–water partition coefficient (Wildman–Crippen LogP) is 3.58. The molecule has 1 heteroatoms. The quantitative estimate of drug-likeness (QED) is 0.438. The zero-order valence-electron chi connectivity index (χ0n) is 8.81. The third kappa shape index (κ3) is 4.12. The van der Waals surface area contributed by atoms with E-state index in [1.165, 1.54) is 0 Å². The first kappa shape index (κ1) is 11.2. The van der Waals surface area contributed by atoms with Gasteiger partial charge in [-0.2, -0.15) is 0 Å². The van der Waals surface area contributed by atoms with Crippen LogP contribution in [0.15, 0.2) is 29.4 Å². The monoisotopic (exact) mass is 165 g/mol. The topological polar surface area (TPSA) is 12.4 Å². The number of nitrogens with zero attached hydrogens (tertiary/aromatic N) is 1. The van der Waals surface area contributed by atoms with Crippen molar-refractivity contribution < 1.29 is 0 Å². The molecule has 0 unspecified atom stereocenters. The van der Waals surface area contributed by atoms with E-state index in [-0.39, 0.29) is 5.41 Å². The molecule has 0 amide bonds. The van der Waals surface area contributed by atoms with Crippen LogP contribution in [0.1, 0.15) is 34.6 Å². The molecule has 0 aliphatic heterocycles. The number of rotatable bonds is 2. The van der Waals surface area contributed by atoms with Crippen molar-refractivity contribution in [3.63, 3.8) is 0 Å². The summed E-state index contributed by atoms with van der Waals surface area (Å²) < 4.78 is 0. The molecule has 0 rings (SSSR count). The van der Waals surface area contributed by atoms with Crippen molar-refractivity contribution in [2.75, 3.05) is 0 Å². The SMILES string of the molecule is C=C/C=C(\C)N=C(C)C(C)(C)C. The van der Waals surface area contributed by atoms with Crippen LogP contribution in [0.5, 0.6) is 0 Å². The van der Waals surface area contributed by atoms with Gasteiger partial charge >= 0.3 is 0 Å². The molecule has 0 bridgehead atoms. The van der Waals surface area contributed by atoms with Crippen LogP contribution in [0.3, 0.4) is 0 Å². The normalized spacial score (nSPS) is 14.8. The van der Waals surface area contributed by atoms with E-state index in [4.69, 9.17) is 0 Å². The van der Waals surface area contributed by atoms with Gasteiger partial charge in [0.1, 0.15) is 0 Å². The van der Waals surface area contributed by atoms with Crippen molar-refractivity contribution in [1.29, 1.82) is 0 Å². The summed E-state index contributed by atoms with van der Waals surface area (Å²) in [5, 5.41) is 0. The van der Waals surface area contributed by atoms with Crippen molar-refractivity contribution in [2.45, 2.75) is 34.6 Å². The van der Waals surface area contributed by atoms with E-state index in [1.807, 2.05) is 13.0 Å².